The van der Waals surface area contributed by atoms with Crippen LogP contribution in [-0.4, -0.2) is 12.6 Å². The molecule has 0 bridgehead atoms. The van der Waals surface area contributed by atoms with Crippen LogP contribution in [0, 0.1) is 11.3 Å². The Morgan fingerprint density at radius 2 is 2.00 bits per heavy atom. The van der Waals surface area contributed by atoms with Crippen molar-refractivity contribution < 1.29 is 0 Å². The Balaban J connectivity index is 2.37. The summed E-state index contributed by atoms with van der Waals surface area (Å²) in [6.45, 7) is 10.2. The second-order valence-corrected chi connectivity index (χ2v) is 5.08. The fourth-order valence-corrected chi connectivity index (χ4v) is 1.50. The minimum absolute atomic E-state index is 0.327. The molecule has 1 nitrogen and oxygen atoms in total. The van der Waals surface area contributed by atoms with Crippen LogP contribution < -0.4 is 5.32 Å². The molecule has 2 unspecified atom stereocenters. The fraction of sp³-hybridized carbons (Fsp3) is 0.818. The first-order chi connectivity index (χ1) is 5.47. The van der Waals surface area contributed by atoms with Gasteiger partial charge in [-0.05, 0) is 24.3 Å². The molecule has 1 N–H and O–H groups in total. The zero-order chi connectivity index (χ0) is 9.19. The summed E-state index contributed by atoms with van der Waals surface area (Å²) in [5, 5.41) is 3.49. The Hall–Kier alpha value is -0.300. The maximum Gasteiger partial charge on any atom is 0.0253 e. The summed E-state index contributed by atoms with van der Waals surface area (Å²) in [6, 6.07) is 0.624. The Morgan fingerprint density at radius 1 is 1.33 bits per heavy atom. The van der Waals surface area contributed by atoms with Crippen molar-refractivity contribution in [2.45, 2.75) is 40.2 Å². The molecule has 2 atom stereocenters. The molecule has 0 amide bonds. The predicted molar refractivity (Wildman–Crippen MR) is 54.2 cm³/mol. The van der Waals surface area contributed by atoms with Crippen molar-refractivity contribution in [1.29, 1.82) is 0 Å². The average Bonchev–Trinajstić information content (AvgIpc) is 2.30. The molecule has 70 valence electrons. The molecule has 0 aromatic rings. The second-order valence-electron chi connectivity index (χ2n) is 5.08. The Kier molecular flexibility index (Phi) is 2.94. The normalized spacial score (nSPS) is 31.7. The smallest absolute Gasteiger partial charge is 0.0253 e. The lowest BCUT2D eigenvalue weighted by molar-refractivity contribution is 0.537. The molecule has 12 heavy (non-hydrogen) atoms. The quantitative estimate of drug-likeness (QED) is 0.592. The Morgan fingerprint density at radius 3 is 2.42 bits per heavy atom. The molecule has 1 aliphatic heterocycles. The van der Waals surface area contributed by atoms with Crippen molar-refractivity contribution in [2.75, 3.05) is 6.54 Å². The van der Waals surface area contributed by atoms with Crippen LogP contribution in [0.3, 0.4) is 0 Å². The molecule has 0 aromatic carbocycles. The number of allylic oxidation sites excluding steroid dienone is 1. The molecule has 1 fully saturated rings. The van der Waals surface area contributed by atoms with Gasteiger partial charge in [0.25, 0.3) is 0 Å². The highest BCUT2D eigenvalue weighted by Gasteiger charge is 2.18. The molecule has 0 aromatic heterocycles. The Bertz CT molecular complexity index is 164. The second kappa shape index (κ2) is 3.61. The molecule has 1 saturated heterocycles. The third kappa shape index (κ3) is 3.40. The van der Waals surface area contributed by atoms with E-state index >= 15 is 0 Å². The van der Waals surface area contributed by atoms with E-state index in [9.17, 15) is 0 Å². The zero-order valence-corrected chi connectivity index (χ0v) is 8.72. The molecule has 0 saturated carbocycles. The van der Waals surface area contributed by atoms with E-state index in [0.717, 1.165) is 5.92 Å². The van der Waals surface area contributed by atoms with Gasteiger partial charge in [0.2, 0.25) is 0 Å². The van der Waals surface area contributed by atoms with Crippen LogP contribution in [0.2, 0.25) is 0 Å². The van der Waals surface area contributed by atoms with Gasteiger partial charge < -0.3 is 5.32 Å². The Labute approximate surface area is 76.2 Å². The summed E-state index contributed by atoms with van der Waals surface area (Å²) in [4.78, 5) is 0. The van der Waals surface area contributed by atoms with Gasteiger partial charge in [-0.3, -0.25) is 0 Å². The van der Waals surface area contributed by atoms with E-state index in [1.807, 2.05) is 0 Å². The molecule has 1 heterocycles. The number of rotatable bonds is 1. The van der Waals surface area contributed by atoms with E-state index in [-0.39, 0.29) is 0 Å². The molecule has 0 spiro atoms. The van der Waals surface area contributed by atoms with Crippen LogP contribution in [-0.2, 0) is 0 Å². The van der Waals surface area contributed by atoms with Gasteiger partial charge in [-0.1, -0.05) is 39.8 Å². The predicted octanol–water partition coefficient (Wildman–Crippen LogP) is 2.59. The monoisotopic (exact) mass is 167 g/mol. The maximum absolute atomic E-state index is 3.49. The third-order valence-electron chi connectivity index (χ3n) is 2.21. The lowest BCUT2D eigenvalue weighted by atomic mass is 9.95. The minimum Gasteiger partial charge on any atom is -0.310 e. The van der Waals surface area contributed by atoms with Crippen molar-refractivity contribution in [3.8, 4) is 0 Å². The van der Waals surface area contributed by atoms with Crippen molar-refractivity contribution in [3.63, 3.8) is 0 Å². The first kappa shape index (κ1) is 9.79. The summed E-state index contributed by atoms with van der Waals surface area (Å²) in [6.07, 6.45) is 5.93. The topological polar surface area (TPSA) is 12.0 Å². The van der Waals surface area contributed by atoms with E-state index in [0.29, 0.717) is 11.5 Å². The lowest BCUT2D eigenvalue weighted by Gasteiger charge is -2.13. The minimum atomic E-state index is 0.327. The first-order valence-corrected chi connectivity index (χ1v) is 4.90. The van der Waals surface area contributed by atoms with Crippen LogP contribution in [0.25, 0.3) is 0 Å². The van der Waals surface area contributed by atoms with Gasteiger partial charge in [-0.15, -0.1) is 0 Å². The zero-order valence-electron chi connectivity index (χ0n) is 8.72. The van der Waals surface area contributed by atoms with Crippen LogP contribution in [0.1, 0.15) is 34.1 Å². The summed E-state index contributed by atoms with van der Waals surface area (Å²) in [5.41, 5.74) is 0.327. The van der Waals surface area contributed by atoms with Crippen LogP contribution in [0.15, 0.2) is 12.2 Å². The van der Waals surface area contributed by atoms with Gasteiger partial charge in [-0.2, -0.15) is 0 Å². The molecule has 0 radical (unpaired) electrons. The highest BCUT2D eigenvalue weighted by Crippen LogP contribution is 2.18. The van der Waals surface area contributed by atoms with Gasteiger partial charge in [0, 0.05) is 6.04 Å². The van der Waals surface area contributed by atoms with Gasteiger partial charge in [0.15, 0.2) is 0 Å². The summed E-state index contributed by atoms with van der Waals surface area (Å²) >= 11 is 0. The molecule has 1 heteroatoms. The van der Waals surface area contributed by atoms with E-state index in [2.05, 4.69) is 45.2 Å². The first-order valence-electron chi connectivity index (χ1n) is 4.90. The van der Waals surface area contributed by atoms with Crippen molar-refractivity contribution in [1.82, 2.24) is 5.32 Å². The molecule has 0 aliphatic carbocycles. The molecule has 1 aliphatic rings. The van der Waals surface area contributed by atoms with Gasteiger partial charge in [0.05, 0.1) is 0 Å². The highest BCUT2D eigenvalue weighted by atomic mass is 14.9. The van der Waals surface area contributed by atoms with Crippen molar-refractivity contribution in [3.05, 3.63) is 12.2 Å². The van der Waals surface area contributed by atoms with Crippen LogP contribution >= 0.6 is 0 Å². The largest absolute Gasteiger partial charge is 0.310 e. The average molecular weight is 167 g/mol. The SMILES string of the molecule is CC1CNC(/C=C/C(C)(C)C)C1. The molecular formula is C11H21N. The van der Waals surface area contributed by atoms with E-state index < -0.39 is 0 Å². The molecular weight excluding hydrogens is 146 g/mol. The number of hydrogen-bond acceptors (Lipinski definition) is 1. The number of hydrogen-bond donors (Lipinski definition) is 1. The van der Waals surface area contributed by atoms with Crippen molar-refractivity contribution in [2.24, 2.45) is 11.3 Å². The lowest BCUT2D eigenvalue weighted by Crippen LogP contribution is -2.19. The van der Waals surface area contributed by atoms with Crippen LogP contribution in [0.5, 0.6) is 0 Å². The van der Waals surface area contributed by atoms with E-state index in [1.165, 1.54) is 13.0 Å². The highest BCUT2D eigenvalue weighted by molar-refractivity contribution is 5.01. The van der Waals surface area contributed by atoms with Gasteiger partial charge in [-0.25, -0.2) is 0 Å². The van der Waals surface area contributed by atoms with Crippen LogP contribution in [0.4, 0.5) is 0 Å². The van der Waals surface area contributed by atoms with E-state index in [1.54, 1.807) is 0 Å². The fourth-order valence-electron chi connectivity index (χ4n) is 1.50. The maximum atomic E-state index is 3.49. The van der Waals surface area contributed by atoms with E-state index in [4.69, 9.17) is 0 Å². The van der Waals surface area contributed by atoms with Crippen molar-refractivity contribution >= 4 is 0 Å². The number of nitrogens with one attached hydrogen (secondary N) is 1. The third-order valence-corrected chi connectivity index (χ3v) is 2.21. The molecule has 1 rings (SSSR count). The summed E-state index contributed by atoms with van der Waals surface area (Å²) < 4.78 is 0. The summed E-state index contributed by atoms with van der Waals surface area (Å²) in [5.74, 6) is 0.847. The van der Waals surface area contributed by atoms with Gasteiger partial charge >= 0.3 is 0 Å². The summed E-state index contributed by atoms with van der Waals surface area (Å²) in [7, 11) is 0. The van der Waals surface area contributed by atoms with Gasteiger partial charge in [0.1, 0.15) is 0 Å². The standard InChI is InChI=1S/C11H21N/c1-9-7-10(12-8-9)5-6-11(2,3)4/h5-6,9-10,12H,7-8H2,1-4H3/b6-5+.